The van der Waals surface area contributed by atoms with Crippen LogP contribution >= 0.6 is 11.6 Å². The number of nitrogens with zero attached hydrogens (tertiary/aromatic N) is 3. The Morgan fingerprint density at radius 3 is 2.22 bits per heavy atom. The largest absolute Gasteiger partial charge is 0.359 e. The molecule has 0 atom stereocenters. The minimum Gasteiger partial charge on any atom is -0.359 e. The summed E-state index contributed by atoms with van der Waals surface area (Å²) in [5.41, 5.74) is 1.47. The molecular weight excluding hydrogens is 358 g/mol. The number of aromatic nitrogens is 3. The van der Waals surface area contributed by atoms with E-state index in [-0.39, 0.29) is 0 Å². The van der Waals surface area contributed by atoms with Gasteiger partial charge in [0.2, 0.25) is 0 Å². The fourth-order valence-electron chi connectivity index (χ4n) is 3.30. The summed E-state index contributed by atoms with van der Waals surface area (Å²) < 4.78 is 7.60. The van der Waals surface area contributed by atoms with Crippen molar-refractivity contribution in [1.29, 1.82) is 0 Å². The molecule has 0 N–H and O–H groups in total. The summed E-state index contributed by atoms with van der Waals surface area (Å²) in [5.74, 6) is 0. The number of hydrogen-bond donors (Lipinski definition) is 0. The highest BCUT2D eigenvalue weighted by Gasteiger charge is 2.08. The summed E-state index contributed by atoms with van der Waals surface area (Å²) >= 11 is 5.95. The van der Waals surface area contributed by atoms with E-state index in [2.05, 4.69) is 30.9 Å². The van der Waals surface area contributed by atoms with Gasteiger partial charge in [-0.1, -0.05) is 83.7 Å². The van der Waals surface area contributed by atoms with Crippen LogP contribution in [0.3, 0.4) is 0 Å². The zero-order valence-electron chi connectivity index (χ0n) is 17.3. The number of pyridine rings is 1. The minimum absolute atomic E-state index is 0.471. The van der Waals surface area contributed by atoms with E-state index in [1.807, 2.05) is 10.7 Å². The summed E-state index contributed by atoms with van der Waals surface area (Å²) in [7, 11) is 0. The molecule has 0 fully saturated rings. The van der Waals surface area contributed by atoms with Crippen molar-refractivity contribution in [2.75, 3.05) is 6.61 Å². The van der Waals surface area contributed by atoms with Gasteiger partial charge in [0, 0.05) is 24.3 Å². The van der Waals surface area contributed by atoms with Gasteiger partial charge >= 0.3 is 0 Å². The van der Waals surface area contributed by atoms with Gasteiger partial charge in [0.05, 0.1) is 11.7 Å². The van der Waals surface area contributed by atoms with E-state index in [9.17, 15) is 0 Å². The van der Waals surface area contributed by atoms with Crippen LogP contribution in [0, 0.1) is 5.41 Å². The molecule has 0 amide bonds. The average molecular weight is 394 g/mol. The van der Waals surface area contributed by atoms with E-state index < -0.39 is 0 Å². The number of ether oxygens (including phenoxy) is 1. The summed E-state index contributed by atoms with van der Waals surface area (Å²) in [4.78, 5) is 4.07. The first-order valence-corrected chi connectivity index (χ1v) is 10.9. The number of rotatable bonds is 13. The van der Waals surface area contributed by atoms with Gasteiger partial charge in [0.1, 0.15) is 11.9 Å². The van der Waals surface area contributed by atoms with Crippen molar-refractivity contribution in [2.45, 2.75) is 91.7 Å². The van der Waals surface area contributed by atoms with Gasteiger partial charge in [-0.05, 0) is 18.3 Å². The SMILES string of the molecule is CC(C)(C)CCCCCCCCCCCOCn1ncc2cnc(Cl)cc21. The third-order valence-electron chi connectivity index (χ3n) is 4.92. The van der Waals surface area contributed by atoms with Crippen molar-refractivity contribution < 1.29 is 4.74 Å². The van der Waals surface area contributed by atoms with Crippen LogP contribution < -0.4 is 0 Å². The molecule has 0 radical (unpaired) electrons. The normalized spacial score (nSPS) is 12.1. The third kappa shape index (κ3) is 9.07. The minimum atomic E-state index is 0.471. The summed E-state index contributed by atoms with van der Waals surface area (Å²) in [6.07, 6.45) is 16.9. The van der Waals surface area contributed by atoms with E-state index in [0.717, 1.165) is 23.9 Å². The van der Waals surface area contributed by atoms with E-state index in [0.29, 0.717) is 17.3 Å². The first-order chi connectivity index (χ1) is 13.0. The van der Waals surface area contributed by atoms with Crippen LogP contribution in [0.25, 0.3) is 10.9 Å². The Kier molecular flexibility index (Phi) is 9.57. The lowest BCUT2D eigenvalue weighted by Gasteiger charge is -2.17. The first-order valence-electron chi connectivity index (χ1n) is 10.5. The van der Waals surface area contributed by atoms with Gasteiger partial charge in [-0.2, -0.15) is 5.10 Å². The topological polar surface area (TPSA) is 39.9 Å². The molecule has 0 spiro atoms. The summed E-state index contributed by atoms with van der Waals surface area (Å²) in [6, 6.07) is 1.83. The fraction of sp³-hybridized carbons (Fsp3) is 0.727. The Bertz CT molecular complexity index is 663. The molecule has 2 heterocycles. The maximum Gasteiger partial charge on any atom is 0.140 e. The van der Waals surface area contributed by atoms with Gasteiger partial charge in [-0.25, -0.2) is 9.67 Å². The van der Waals surface area contributed by atoms with Crippen molar-refractivity contribution >= 4 is 22.5 Å². The van der Waals surface area contributed by atoms with Crippen LogP contribution in [0.2, 0.25) is 5.15 Å². The van der Waals surface area contributed by atoms with Gasteiger partial charge < -0.3 is 4.74 Å². The van der Waals surface area contributed by atoms with Crippen LogP contribution in [0.1, 0.15) is 85.0 Å². The number of halogens is 1. The van der Waals surface area contributed by atoms with Gasteiger partial charge in [0.25, 0.3) is 0 Å². The molecule has 0 saturated heterocycles. The van der Waals surface area contributed by atoms with E-state index in [1.165, 1.54) is 57.8 Å². The van der Waals surface area contributed by atoms with E-state index >= 15 is 0 Å². The molecule has 0 aliphatic carbocycles. The Labute approximate surface area is 169 Å². The third-order valence-corrected chi connectivity index (χ3v) is 5.13. The Hall–Kier alpha value is -1.13. The monoisotopic (exact) mass is 393 g/mol. The highest BCUT2D eigenvalue weighted by molar-refractivity contribution is 6.29. The Balaban J connectivity index is 1.42. The van der Waals surface area contributed by atoms with Crippen molar-refractivity contribution in [3.8, 4) is 0 Å². The maximum absolute atomic E-state index is 5.95. The fourth-order valence-corrected chi connectivity index (χ4v) is 3.45. The molecule has 152 valence electrons. The number of hydrogen-bond acceptors (Lipinski definition) is 3. The van der Waals surface area contributed by atoms with Crippen LogP contribution in [0.4, 0.5) is 0 Å². The summed E-state index contributed by atoms with van der Waals surface area (Å²) in [5, 5.41) is 5.80. The second kappa shape index (κ2) is 11.7. The first kappa shape index (κ1) is 22.2. The molecule has 2 aromatic heterocycles. The van der Waals surface area contributed by atoms with Crippen LogP contribution in [0.5, 0.6) is 0 Å². The quantitative estimate of drug-likeness (QED) is 0.271. The standard InChI is InChI=1S/C22H36ClN3O/c1-22(2,3)13-11-9-7-5-4-6-8-10-12-14-27-18-26-20-15-21(23)24-16-19(20)17-25-26/h15-17H,4-14,18H2,1-3H3. The molecule has 0 saturated carbocycles. The molecule has 4 nitrogen and oxygen atoms in total. The van der Waals surface area contributed by atoms with Crippen molar-refractivity contribution in [3.05, 3.63) is 23.6 Å². The highest BCUT2D eigenvalue weighted by Crippen LogP contribution is 2.22. The lowest BCUT2D eigenvalue weighted by Crippen LogP contribution is -2.05. The van der Waals surface area contributed by atoms with Crippen LogP contribution in [-0.2, 0) is 11.5 Å². The van der Waals surface area contributed by atoms with E-state index in [1.54, 1.807) is 12.4 Å². The second-order valence-electron chi connectivity index (χ2n) is 8.74. The molecule has 0 aliphatic heterocycles. The molecule has 0 unspecified atom stereocenters. The van der Waals surface area contributed by atoms with E-state index in [4.69, 9.17) is 16.3 Å². The molecular formula is C22H36ClN3O. The average Bonchev–Trinajstić information content (AvgIpc) is 3.00. The van der Waals surface area contributed by atoms with Crippen LogP contribution in [0.15, 0.2) is 18.5 Å². The molecule has 5 heteroatoms. The smallest absolute Gasteiger partial charge is 0.140 e. The van der Waals surface area contributed by atoms with Crippen molar-refractivity contribution in [3.63, 3.8) is 0 Å². The summed E-state index contributed by atoms with van der Waals surface area (Å²) in [6.45, 7) is 8.26. The maximum atomic E-state index is 5.95. The molecule has 27 heavy (non-hydrogen) atoms. The van der Waals surface area contributed by atoms with Crippen molar-refractivity contribution in [2.24, 2.45) is 5.41 Å². The van der Waals surface area contributed by atoms with Gasteiger partial charge in [0.15, 0.2) is 0 Å². The lowest BCUT2D eigenvalue weighted by atomic mass is 9.89. The number of unbranched alkanes of at least 4 members (excludes halogenated alkanes) is 8. The predicted octanol–water partition coefficient (Wildman–Crippen LogP) is 7.01. The predicted molar refractivity (Wildman–Crippen MR) is 114 cm³/mol. The number of fused-ring (bicyclic) bond motifs is 1. The molecule has 2 aromatic rings. The van der Waals surface area contributed by atoms with Gasteiger partial charge in [-0.15, -0.1) is 0 Å². The Morgan fingerprint density at radius 1 is 0.926 bits per heavy atom. The molecule has 0 bridgehead atoms. The molecule has 0 aromatic carbocycles. The molecule has 2 rings (SSSR count). The zero-order chi connectivity index (χ0) is 19.5. The van der Waals surface area contributed by atoms with Crippen LogP contribution in [-0.4, -0.2) is 21.4 Å². The second-order valence-corrected chi connectivity index (χ2v) is 9.13. The Morgan fingerprint density at radius 2 is 1.56 bits per heavy atom. The molecule has 0 aliphatic rings. The zero-order valence-corrected chi connectivity index (χ0v) is 18.1. The van der Waals surface area contributed by atoms with Gasteiger partial charge in [-0.3, -0.25) is 0 Å². The lowest BCUT2D eigenvalue weighted by molar-refractivity contribution is 0.0688. The van der Waals surface area contributed by atoms with Crippen molar-refractivity contribution in [1.82, 2.24) is 14.8 Å². The highest BCUT2D eigenvalue weighted by atomic mass is 35.5.